The number of nitrogens with zero attached hydrogens (tertiary/aromatic N) is 3. The minimum Gasteiger partial charge on any atom is -0.398 e. The molecule has 0 aromatic carbocycles. The van der Waals surface area contributed by atoms with E-state index in [0.717, 1.165) is 32.4 Å². The fourth-order valence-corrected chi connectivity index (χ4v) is 4.71. The van der Waals surface area contributed by atoms with Crippen molar-refractivity contribution in [1.29, 1.82) is 0 Å². The third-order valence-electron chi connectivity index (χ3n) is 4.20. The van der Waals surface area contributed by atoms with E-state index in [1.807, 2.05) is 0 Å². The summed E-state index contributed by atoms with van der Waals surface area (Å²) in [5.74, 6) is 0. The molecule has 6 nitrogen and oxygen atoms in total. The van der Waals surface area contributed by atoms with Crippen LogP contribution in [-0.2, 0) is 10.0 Å². The maximum Gasteiger partial charge on any atom is 0.246 e. The van der Waals surface area contributed by atoms with Gasteiger partial charge in [-0.05, 0) is 38.4 Å². The number of pyridine rings is 1. The Bertz CT molecular complexity index is 590. The van der Waals surface area contributed by atoms with Gasteiger partial charge in [0.25, 0.3) is 0 Å². The zero-order valence-corrected chi connectivity index (χ0v) is 12.2. The first kappa shape index (κ1) is 13.8. The van der Waals surface area contributed by atoms with Crippen LogP contribution in [0.5, 0.6) is 0 Å². The van der Waals surface area contributed by atoms with Crippen molar-refractivity contribution >= 4 is 15.7 Å². The number of aromatic nitrogens is 1. The molecule has 110 valence electrons. The molecule has 1 unspecified atom stereocenters. The highest BCUT2D eigenvalue weighted by atomic mass is 32.2. The number of nitrogens with two attached hydrogens (primary N) is 1. The first-order valence-electron chi connectivity index (χ1n) is 7.03. The summed E-state index contributed by atoms with van der Waals surface area (Å²) in [5, 5.41) is 0. The lowest BCUT2D eigenvalue weighted by atomic mass is 10.2. The molecule has 7 heteroatoms. The van der Waals surface area contributed by atoms with Crippen LogP contribution in [-0.4, -0.2) is 54.8 Å². The molecule has 0 bridgehead atoms. The lowest BCUT2D eigenvalue weighted by molar-refractivity contribution is 0.257. The highest BCUT2D eigenvalue weighted by Gasteiger charge is 2.35. The molecule has 20 heavy (non-hydrogen) atoms. The first-order chi connectivity index (χ1) is 9.59. The highest BCUT2D eigenvalue weighted by molar-refractivity contribution is 7.89. The Balaban J connectivity index is 1.89. The zero-order chi connectivity index (χ0) is 14.2. The number of rotatable bonds is 2. The summed E-state index contributed by atoms with van der Waals surface area (Å²) in [6.45, 7) is 3.20. The predicted molar refractivity (Wildman–Crippen MR) is 76.6 cm³/mol. The summed E-state index contributed by atoms with van der Waals surface area (Å²) in [5.41, 5.74) is 6.07. The molecule has 2 aliphatic rings. The molecule has 2 fully saturated rings. The van der Waals surface area contributed by atoms with Crippen molar-refractivity contribution in [3.8, 4) is 0 Å². The Morgan fingerprint density at radius 3 is 2.85 bits per heavy atom. The van der Waals surface area contributed by atoms with Crippen LogP contribution in [0.3, 0.4) is 0 Å². The molecule has 0 radical (unpaired) electrons. The van der Waals surface area contributed by atoms with Crippen molar-refractivity contribution in [1.82, 2.24) is 14.2 Å². The fraction of sp³-hybridized carbons (Fsp3) is 0.615. The number of fused-ring (bicyclic) bond motifs is 1. The molecule has 1 aromatic heterocycles. The van der Waals surface area contributed by atoms with Crippen LogP contribution in [0.4, 0.5) is 5.69 Å². The smallest absolute Gasteiger partial charge is 0.246 e. The second kappa shape index (κ2) is 5.31. The van der Waals surface area contributed by atoms with Crippen LogP contribution in [0.25, 0.3) is 0 Å². The maximum absolute atomic E-state index is 12.7. The van der Waals surface area contributed by atoms with Gasteiger partial charge in [0.1, 0.15) is 4.90 Å². The lowest BCUT2D eigenvalue weighted by Gasteiger charge is -2.25. The fourth-order valence-electron chi connectivity index (χ4n) is 3.14. The third-order valence-corrected chi connectivity index (χ3v) is 6.11. The molecule has 3 heterocycles. The van der Waals surface area contributed by atoms with Gasteiger partial charge in [-0.1, -0.05) is 0 Å². The Kier molecular flexibility index (Phi) is 3.66. The number of hydrogen-bond acceptors (Lipinski definition) is 5. The van der Waals surface area contributed by atoms with Gasteiger partial charge in [0.2, 0.25) is 10.0 Å². The van der Waals surface area contributed by atoms with Crippen molar-refractivity contribution < 1.29 is 8.42 Å². The van der Waals surface area contributed by atoms with Crippen LogP contribution in [0, 0.1) is 0 Å². The largest absolute Gasteiger partial charge is 0.398 e. The van der Waals surface area contributed by atoms with Gasteiger partial charge in [-0.15, -0.1) is 0 Å². The van der Waals surface area contributed by atoms with Gasteiger partial charge in [0.05, 0.1) is 5.69 Å². The van der Waals surface area contributed by atoms with E-state index in [-0.39, 0.29) is 10.6 Å². The summed E-state index contributed by atoms with van der Waals surface area (Å²) in [7, 11) is -3.54. The Morgan fingerprint density at radius 1 is 1.25 bits per heavy atom. The SMILES string of the molecule is Nc1ccncc1S(=O)(=O)N1CCCN2CCCC2C1. The maximum atomic E-state index is 12.7. The molecule has 1 aromatic rings. The summed E-state index contributed by atoms with van der Waals surface area (Å²) in [6, 6.07) is 1.89. The van der Waals surface area contributed by atoms with Crippen molar-refractivity contribution in [3.05, 3.63) is 18.5 Å². The average Bonchev–Trinajstić information content (AvgIpc) is 2.76. The normalized spacial score (nSPS) is 25.3. The van der Waals surface area contributed by atoms with Crippen LogP contribution in [0.1, 0.15) is 19.3 Å². The van der Waals surface area contributed by atoms with Crippen LogP contribution in [0.15, 0.2) is 23.4 Å². The molecule has 0 aliphatic carbocycles. The van der Waals surface area contributed by atoms with E-state index in [9.17, 15) is 8.42 Å². The topological polar surface area (TPSA) is 79.5 Å². The number of anilines is 1. The number of nitrogen functional groups attached to an aromatic ring is 1. The van der Waals surface area contributed by atoms with Crippen molar-refractivity contribution in [3.63, 3.8) is 0 Å². The van der Waals surface area contributed by atoms with E-state index in [0.29, 0.717) is 19.1 Å². The summed E-state index contributed by atoms with van der Waals surface area (Å²) in [6.07, 6.45) is 5.97. The van der Waals surface area contributed by atoms with Crippen LogP contribution in [0.2, 0.25) is 0 Å². The van der Waals surface area contributed by atoms with E-state index in [2.05, 4.69) is 9.88 Å². The minimum atomic E-state index is -3.54. The van der Waals surface area contributed by atoms with Crippen molar-refractivity contribution in [2.75, 3.05) is 31.9 Å². The lowest BCUT2D eigenvalue weighted by Crippen LogP contribution is -2.39. The molecule has 3 rings (SSSR count). The van der Waals surface area contributed by atoms with Crippen LogP contribution >= 0.6 is 0 Å². The molecule has 0 amide bonds. The van der Waals surface area contributed by atoms with E-state index >= 15 is 0 Å². The van der Waals surface area contributed by atoms with Gasteiger partial charge in [0.15, 0.2) is 0 Å². The molecule has 2 N–H and O–H groups in total. The van der Waals surface area contributed by atoms with Gasteiger partial charge in [-0.3, -0.25) is 9.88 Å². The molecule has 1 atom stereocenters. The summed E-state index contributed by atoms with van der Waals surface area (Å²) >= 11 is 0. The molecule has 2 aliphatic heterocycles. The zero-order valence-electron chi connectivity index (χ0n) is 11.4. The van der Waals surface area contributed by atoms with E-state index in [1.165, 1.54) is 18.5 Å². The van der Waals surface area contributed by atoms with Crippen molar-refractivity contribution in [2.45, 2.75) is 30.2 Å². The summed E-state index contributed by atoms with van der Waals surface area (Å²) in [4.78, 5) is 6.44. The molecule has 2 saturated heterocycles. The van der Waals surface area contributed by atoms with Gasteiger partial charge in [-0.25, -0.2) is 8.42 Å². The van der Waals surface area contributed by atoms with E-state index in [4.69, 9.17) is 5.73 Å². The molecule has 0 saturated carbocycles. The quantitative estimate of drug-likeness (QED) is 0.861. The van der Waals surface area contributed by atoms with Gasteiger partial charge >= 0.3 is 0 Å². The standard InChI is InChI=1S/C13H20N4O2S/c14-12-4-5-15-9-13(12)20(18,19)17-8-2-7-16-6-1-3-11(16)10-17/h4-5,9,11H,1-3,6-8,10H2,(H2,14,15). The van der Waals surface area contributed by atoms with Gasteiger partial charge in [-0.2, -0.15) is 4.31 Å². The monoisotopic (exact) mass is 296 g/mol. The van der Waals surface area contributed by atoms with E-state index < -0.39 is 10.0 Å². The predicted octanol–water partition coefficient (Wildman–Crippen LogP) is 0.523. The Labute approximate surface area is 119 Å². The Hall–Kier alpha value is -1.18. The third kappa shape index (κ3) is 2.41. The Morgan fingerprint density at radius 2 is 2.05 bits per heavy atom. The van der Waals surface area contributed by atoms with Crippen LogP contribution < -0.4 is 5.73 Å². The molecular formula is C13H20N4O2S. The minimum absolute atomic E-state index is 0.131. The number of sulfonamides is 1. The molecular weight excluding hydrogens is 276 g/mol. The second-order valence-electron chi connectivity index (χ2n) is 5.46. The van der Waals surface area contributed by atoms with Gasteiger partial charge in [0, 0.05) is 31.5 Å². The van der Waals surface area contributed by atoms with Gasteiger partial charge < -0.3 is 5.73 Å². The summed E-state index contributed by atoms with van der Waals surface area (Å²) < 4.78 is 27.1. The second-order valence-corrected chi connectivity index (χ2v) is 7.37. The average molecular weight is 296 g/mol. The molecule has 0 spiro atoms. The first-order valence-corrected chi connectivity index (χ1v) is 8.47. The highest BCUT2D eigenvalue weighted by Crippen LogP contribution is 2.27. The van der Waals surface area contributed by atoms with E-state index in [1.54, 1.807) is 4.31 Å². The number of hydrogen-bond donors (Lipinski definition) is 1. The van der Waals surface area contributed by atoms with Crippen molar-refractivity contribution in [2.24, 2.45) is 0 Å².